The molecule has 0 aliphatic rings. The Hall–Kier alpha value is -2.67. The minimum Gasteiger partial charge on any atom is -0.480 e. The molecule has 3 rings (SSSR count). The molecule has 0 saturated carbocycles. The van der Waals surface area contributed by atoms with Crippen molar-refractivity contribution in [1.82, 2.24) is 14.5 Å². The van der Waals surface area contributed by atoms with Gasteiger partial charge in [0.05, 0.1) is 17.0 Å². The summed E-state index contributed by atoms with van der Waals surface area (Å²) in [6, 6.07) is 5.32. The number of fused-ring (bicyclic) bond motifs is 3. The van der Waals surface area contributed by atoms with Gasteiger partial charge in [-0.05, 0) is 24.6 Å². The Morgan fingerprint density at radius 3 is 2.86 bits per heavy atom. The summed E-state index contributed by atoms with van der Waals surface area (Å²) in [5.74, 6) is -0.678. The number of aliphatic hydroxyl groups excluding tert-OH is 1. The molecule has 1 atom stereocenters. The first-order valence-electron chi connectivity index (χ1n) is 6.41. The van der Waals surface area contributed by atoms with Crippen molar-refractivity contribution < 1.29 is 15.0 Å². The smallest absolute Gasteiger partial charge is 0.323 e. The second-order valence-electron chi connectivity index (χ2n) is 4.89. The number of aliphatic carboxylic acids is 1. The third kappa shape index (κ3) is 2.07. The molecule has 0 aliphatic heterocycles. The Kier molecular flexibility index (Phi) is 2.99. The molecule has 7 nitrogen and oxygen atoms in total. The molecule has 108 valence electrons. The van der Waals surface area contributed by atoms with Crippen molar-refractivity contribution in [2.45, 2.75) is 19.6 Å². The predicted molar refractivity (Wildman–Crippen MR) is 77.7 cm³/mol. The molecule has 0 radical (unpaired) electrons. The lowest BCUT2D eigenvalue weighted by Gasteiger charge is -2.06. The van der Waals surface area contributed by atoms with Gasteiger partial charge in [-0.15, -0.1) is 0 Å². The van der Waals surface area contributed by atoms with Gasteiger partial charge in [0.15, 0.2) is 0 Å². The van der Waals surface area contributed by atoms with Gasteiger partial charge in [-0.1, -0.05) is 6.07 Å². The largest absolute Gasteiger partial charge is 0.480 e. The van der Waals surface area contributed by atoms with Crippen molar-refractivity contribution in [2.75, 3.05) is 5.73 Å². The Morgan fingerprint density at radius 1 is 1.43 bits per heavy atom. The molecule has 2 aromatic heterocycles. The van der Waals surface area contributed by atoms with E-state index < -0.39 is 12.1 Å². The number of nitrogens with zero attached hydrogens (tertiary/aromatic N) is 3. The second kappa shape index (κ2) is 4.71. The third-order valence-corrected chi connectivity index (χ3v) is 3.47. The Balaban J connectivity index is 2.43. The average Bonchev–Trinajstić information content (AvgIpc) is 2.73. The van der Waals surface area contributed by atoms with E-state index in [-0.39, 0.29) is 12.4 Å². The van der Waals surface area contributed by atoms with Crippen LogP contribution in [0.5, 0.6) is 0 Å². The van der Waals surface area contributed by atoms with Gasteiger partial charge in [0, 0.05) is 5.39 Å². The minimum absolute atomic E-state index is 0.218. The topological polar surface area (TPSA) is 114 Å². The first kappa shape index (κ1) is 13.3. The van der Waals surface area contributed by atoms with Gasteiger partial charge in [-0.2, -0.15) is 0 Å². The zero-order chi connectivity index (χ0) is 15.1. The first-order valence-corrected chi connectivity index (χ1v) is 6.41. The van der Waals surface area contributed by atoms with Crippen LogP contribution >= 0.6 is 0 Å². The van der Waals surface area contributed by atoms with Crippen LogP contribution in [0.4, 0.5) is 5.82 Å². The molecule has 0 saturated heterocycles. The van der Waals surface area contributed by atoms with Crippen LogP contribution in [0.3, 0.4) is 0 Å². The number of aromatic nitrogens is 3. The number of nitrogens with two attached hydrogens (primary N) is 1. The fourth-order valence-corrected chi connectivity index (χ4v) is 2.51. The van der Waals surface area contributed by atoms with Crippen LogP contribution in [0.25, 0.3) is 21.9 Å². The maximum atomic E-state index is 11.1. The van der Waals surface area contributed by atoms with E-state index in [0.29, 0.717) is 16.6 Å². The molecular weight excluding hydrogens is 272 g/mol. The van der Waals surface area contributed by atoms with Crippen molar-refractivity contribution in [3.05, 3.63) is 30.1 Å². The number of nitrogen functional groups attached to an aromatic ring is 1. The van der Waals surface area contributed by atoms with Crippen molar-refractivity contribution in [2.24, 2.45) is 0 Å². The van der Waals surface area contributed by atoms with E-state index in [2.05, 4.69) is 9.97 Å². The highest BCUT2D eigenvalue weighted by Crippen LogP contribution is 2.32. The molecule has 21 heavy (non-hydrogen) atoms. The Labute approximate surface area is 119 Å². The minimum atomic E-state index is -0.967. The number of rotatable bonds is 3. The van der Waals surface area contributed by atoms with Gasteiger partial charge < -0.3 is 20.5 Å². The van der Waals surface area contributed by atoms with E-state index in [1.807, 2.05) is 0 Å². The lowest BCUT2D eigenvalue weighted by Crippen LogP contribution is -2.09. The summed E-state index contributed by atoms with van der Waals surface area (Å²) in [6.45, 7) is 1.45. The summed E-state index contributed by atoms with van der Waals surface area (Å²) in [5, 5.41) is 20.1. The number of anilines is 1. The number of benzene rings is 1. The van der Waals surface area contributed by atoms with Crippen molar-refractivity contribution in [1.29, 1.82) is 0 Å². The van der Waals surface area contributed by atoms with Gasteiger partial charge in [0.1, 0.15) is 24.3 Å². The van der Waals surface area contributed by atoms with Gasteiger partial charge >= 0.3 is 5.97 Å². The molecule has 0 aliphatic carbocycles. The second-order valence-corrected chi connectivity index (χ2v) is 4.89. The normalized spacial score (nSPS) is 12.9. The molecule has 4 N–H and O–H groups in total. The highest BCUT2D eigenvalue weighted by Gasteiger charge is 2.17. The lowest BCUT2D eigenvalue weighted by molar-refractivity contribution is -0.137. The summed E-state index contributed by atoms with van der Waals surface area (Å²) in [4.78, 5) is 19.2. The van der Waals surface area contributed by atoms with Gasteiger partial charge in [0.25, 0.3) is 0 Å². The van der Waals surface area contributed by atoms with Crippen LogP contribution in [0.15, 0.2) is 24.5 Å². The molecular formula is C14H14N4O3. The van der Waals surface area contributed by atoms with E-state index in [4.69, 9.17) is 10.8 Å². The zero-order valence-corrected chi connectivity index (χ0v) is 11.3. The van der Waals surface area contributed by atoms with Gasteiger partial charge in [-0.3, -0.25) is 4.79 Å². The number of aliphatic hydroxyl groups is 1. The highest BCUT2D eigenvalue weighted by atomic mass is 16.4. The maximum absolute atomic E-state index is 11.1. The quantitative estimate of drug-likeness (QED) is 0.668. The van der Waals surface area contributed by atoms with Crippen LogP contribution in [0.2, 0.25) is 0 Å². The van der Waals surface area contributed by atoms with Gasteiger partial charge in [0.2, 0.25) is 0 Å². The Bertz CT molecular complexity index is 854. The van der Waals surface area contributed by atoms with E-state index in [0.717, 1.165) is 10.9 Å². The van der Waals surface area contributed by atoms with E-state index in [9.17, 15) is 9.90 Å². The molecule has 3 aromatic rings. The maximum Gasteiger partial charge on any atom is 0.323 e. The van der Waals surface area contributed by atoms with Crippen LogP contribution in [-0.4, -0.2) is 30.7 Å². The number of carboxylic acid groups (broad SMARTS) is 1. The number of hydrogen-bond acceptors (Lipinski definition) is 5. The van der Waals surface area contributed by atoms with E-state index in [1.165, 1.54) is 6.33 Å². The molecule has 0 spiro atoms. The predicted octanol–water partition coefficient (Wildman–Crippen LogP) is 1.30. The summed E-state index contributed by atoms with van der Waals surface area (Å²) in [7, 11) is 0. The molecule has 0 amide bonds. The van der Waals surface area contributed by atoms with Crippen molar-refractivity contribution in [3.63, 3.8) is 0 Å². The van der Waals surface area contributed by atoms with Crippen molar-refractivity contribution in [3.8, 4) is 0 Å². The monoisotopic (exact) mass is 286 g/mol. The fraction of sp³-hybridized carbons (Fsp3) is 0.214. The van der Waals surface area contributed by atoms with Crippen LogP contribution < -0.4 is 5.73 Å². The SMILES string of the molecule is CC(O)c1ccc2c(c1)c1c(N)ncnc1n2CC(=O)O. The summed E-state index contributed by atoms with van der Waals surface area (Å²) >= 11 is 0. The molecule has 0 fully saturated rings. The van der Waals surface area contributed by atoms with Crippen molar-refractivity contribution >= 4 is 33.7 Å². The zero-order valence-electron chi connectivity index (χ0n) is 11.3. The Morgan fingerprint density at radius 2 is 2.19 bits per heavy atom. The van der Waals surface area contributed by atoms with Crippen LogP contribution in [0, 0.1) is 0 Å². The van der Waals surface area contributed by atoms with Crippen LogP contribution in [0.1, 0.15) is 18.6 Å². The third-order valence-electron chi connectivity index (χ3n) is 3.47. The van der Waals surface area contributed by atoms with E-state index >= 15 is 0 Å². The molecule has 0 bridgehead atoms. The van der Waals surface area contributed by atoms with Crippen LogP contribution in [-0.2, 0) is 11.3 Å². The number of carboxylic acids is 1. The van der Waals surface area contributed by atoms with Gasteiger partial charge in [-0.25, -0.2) is 9.97 Å². The highest BCUT2D eigenvalue weighted by molar-refractivity contribution is 6.11. The average molecular weight is 286 g/mol. The van der Waals surface area contributed by atoms with E-state index in [1.54, 1.807) is 29.7 Å². The molecule has 7 heteroatoms. The summed E-state index contributed by atoms with van der Waals surface area (Å²) in [6.07, 6.45) is 0.683. The fourth-order valence-electron chi connectivity index (χ4n) is 2.51. The molecule has 1 aromatic carbocycles. The lowest BCUT2D eigenvalue weighted by atomic mass is 10.1. The number of hydrogen-bond donors (Lipinski definition) is 3. The first-order chi connectivity index (χ1) is 9.99. The standard InChI is InChI=1S/C14H14N4O3/c1-7(19)8-2-3-10-9(4-8)12-13(15)16-6-17-14(12)18(10)5-11(20)21/h2-4,6-7,19H,5H2,1H3,(H,20,21)(H2,15,16,17). The summed E-state index contributed by atoms with van der Waals surface area (Å²) < 4.78 is 1.58. The molecule has 2 heterocycles. The summed E-state index contributed by atoms with van der Waals surface area (Å²) in [5.41, 5.74) is 7.81. The molecule has 1 unspecified atom stereocenters. The number of carbonyl (C=O) groups is 1.